The highest BCUT2D eigenvalue weighted by molar-refractivity contribution is 6.32. The van der Waals surface area contributed by atoms with E-state index in [2.05, 4.69) is 5.32 Å². The number of amides is 1. The van der Waals surface area contributed by atoms with Crippen LogP contribution in [0.5, 0.6) is 0 Å². The smallest absolute Gasteiger partial charge is 0.235 e. The van der Waals surface area contributed by atoms with E-state index in [1.807, 2.05) is 42.5 Å². The molecule has 0 aliphatic carbocycles. The average molecular weight is 300 g/mol. The second-order valence-electron chi connectivity index (χ2n) is 5.17. The number of hydrogen-bond donors (Lipinski definition) is 1. The molecule has 0 radical (unpaired) electrons. The summed E-state index contributed by atoms with van der Waals surface area (Å²) in [5.74, 6) is -1.22. The van der Waals surface area contributed by atoms with Gasteiger partial charge in [-0.1, -0.05) is 48.0 Å². The molecule has 4 heteroatoms. The predicted octanol–water partition coefficient (Wildman–Crippen LogP) is 3.18. The van der Waals surface area contributed by atoms with Crippen LogP contribution in [0.2, 0.25) is 5.02 Å². The van der Waals surface area contributed by atoms with E-state index in [-0.39, 0.29) is 11.7 Å². The Bertz CT molecular complexity index is 712. The fraction of sp³-hybridized carbons (Fsp3) is 0.176. The minimum atomic E-state index is -0.809. The van der Waals surface area contributed by atoms with E-state index >= 15 is 0 Å². The molecule has 1 aliphatic heterocycles. The number of carbonyl (C=O) groups excluding carboxylic acids is 2. The first-order chi connectivity index (χ1) is 10.1. The molecule has 1 N–H and O–H groups in total. The van der Waals surface area contributed by atoms with Crippen molar-refractivity contribution in [3.63, 3.8) is 0 Å². The first-order valence-electron chi connectivity index (χ1n) is 6.77. The number of halogens is 1. The lowest BCUT2D eigenvalue weighted by atomic mass is 9.92. The molecule has 2 aromatic rings. The maximum atomic E-state index is 12.2. The molecular weight excluding hydrogens is 286 g/mol. The number of nitrogens with one attached hydrogen (secondary N) is 1. The van der Waals surface area contributed by atoms with Crippen molar-refractivity contribution < 1.29 is 9.59 Å². The number of hydrogen-bond acceptors (Lipinski definition) is 2. The molecule has 0 bridgehead atoms. The van der Waals surface area contributed by atoms with Crippen LogP contribution in [0.3, 0.4) is 0 Å². The maximum absolute atomic E-state index is 12.2. The molecule has 1 amide bonds. The molecule has 106 valence electrons. The van der Waals surface area contributed by atoms with Gasteiger partial charge < -0.3 is 5.32 Å². The van der Waals surface area contributed by atoms with Gasteiger partial charge in [-0.05, 0) is 35.7 Å². The van der Waals surface area contributed by atoms with Gasteiger partial charge >= 0.3 is 0 Å². The topological polar surface area (TPSA) is 46.2 Å². The molecule has 1 heterocycles. The second-order valence-corrected chi connectivity index (χ2v) is 5.58. The average Bonchev–Trinajstić information content (AvgIpc) is 2.74. The van der Waals surface area contributed by atoms with Crippen molar-refractivity contribution in [1.82, 2.24) is 5.32 Å². The summed E-state index contributed by atoms with van der Waals surface area (Å²) in [6.45, 7) is 1.69. The van der Waals surface area contributed by atoms with Crippen LogP contribution in [-0.2, 0) is 9.59 Å². The highest BCUT2D eigenvalue weighted by Gasteiger charge is 2.40. The monoisotopic (exact) mass is 299 g/mol. The van der Waals surface area contributed by atoms with Crippen LogP contribution in [0, 0.1) is 0 Å². The van der Waals surface area contributed by atoms with Crippen LogP contribution in [0.4, 0.5) is 0 Å². The quantitative estimate of drug-likeness (QED) is 0.866. The van der Waals surface area contributed by atoms with E-state index in [0.717, 1.165) is 11.1 Å². The molecule has 2 unspecified atom stereocenters. The van der Waals surface area contributed by atoms with E-state index < -0.39 is 12.0 Å². The SMILES string of the molecule is CC1NC(=O)C(c2cc(-c3ccccc3)ccc2Cl)C1=O. The van der Waals surface area contributed by atoms with Gasteiger partial charge in [0.05, 0.1) is 6.04 Å². The Morgan fingerprint density at radius 1 is 1.00 bits per heavy atom. The third-order valence-electron chi connectivity index (χ3n) is 3.75. The largest absolute Gasteiger partial charge is 0.346 e. The lowest BCUT2D eigenvalue weighted by Gasteiger charge is -2.11. The Morgan fingerprint density at radius 2 is 1.71 bits per heavy atom. The number of Topliss-reactive ketones (excluding diaryl/α,β-unsaturated/α-hetero) is 1. The van der Waals surface area contributed by atoms with E-state index in [4.69, 9.17) is 11.6 Å². The molecule has 0 saturated carbocycles. The number of benzene rings is 2. The Balaban J connectivity index is 2.07. The van der Waals surface area contributed by atoms with Crippen molar-refractivity contribution in [2.45, 2.75) is 18.9 Å². The minimum absolute atomic E-state index is 0.132. The van der Waals surface area contributed by atoms with Gasteiger partial charge in [-0.15, -0.1) is 0 Å². The van der Waals surface area contributed by atoms with Crippen molar-refractivity contribution >= 4 is 23.3 Å². The van der Waals surface area contributed by atoms with E-state index in [1.54, 1.807) is 13.0 Å². The number of ketones is 1. The molecule has 2 atom stereocenters. The summed E-state index contributed by atoms with van der Waals surface area (Å²) < 4.78 is 0. The Kier molecular flexibility index (Phi) is 3.52. The molecule has 3 nitrogen and oxygen atoms in total. The molecule has 0 spiro atoms. The lowest BCUT2D eigenvalue weighted by Crippen LogP contribution is -2.25. The highest BCUT2D eigenvalue weighted by Crippen LogP contribution is 2.33. The van der Waals surface area contributed by atoms with Gasteiger partial charge in [0.25, 0.3) is 0 Å². The summed E-state index contributed by atoms with van der Waals surface area (Å²) >= 11 is 6.21. The summed E-state index contributed by atoms with van der Waals surface area (Å²) in [6.07, 6.45) is 0. The molecular formula is C17H14ClNO2. The number of carbonyl (C=O) groups is 2. The third-order valence-corrected chi connectivity index (χ3v) is 4.09. The number of rotatable bonds is 2. The third kappa shape index (κ3) is 2.45. The van der Waals surface area contributed by atoms with Crippen LogP contribution < -0.4 is 5.32 Å². The van der Waals surface area contributed by atoms with E-state index in [0.29, 0.717) is 10.6 Å². The minimum Gasteiger partial charge on any atom is -0.346 e. The first-order valence-corrected chi connectivity index (χ1v) is 7.14. The zero-order valence-corrected chi connectivity index (χ0v) is 12.2. The van der Waals surface area contributed by atoms with Crippen molar-refractivity contribution in [3.05, 3.63) is 59.1 Å². The fourth-order valence-electron chi connectivity index (χ4n) is 2.62. The van der Waals surface area contributed by atoms with Gasteiger partial charge in [-0.3, -0.25) is 9.59 Å². The van der Waals surface area contributed by atoms with Gasteiger partial charge in [0.1, 0.15) is 5.92 Å². The highest BCUT2D eigenvalue weighted by atomic mass is 35.5. The van der Waals surface area contributed by atoms with Crippen molar-refractivity contribution in [1.29, 1.82) is 0 Å². The van der Waals surface area contributed by atoms with Gasteiger partial charge in [0.2, 0.25) is 5.91 Å². The van der Waals surface area contributed by atoms with Crippen LogP contribution in [0.25, 0.3) is 11.1 Å². The summed E-state index contributed by atoms with van der Waals surface area (Å²) in [4.78, 5) is 24.2. The Labute approximate surface area is 127 Å². The van der Waals surface area contributed by atoms with Gasteiger partial charge in [-0.2, -0.15) is 0 Å². The molecule has 3 rings (SSSR count). The first kappa shape index (κ1) is 13.8. The van der Waals surface area contributed by atoms with Gasteiger partial charge in [0, 0.05) is 5.02 Å². The van der Waals surface area contributed by atoms with Crippen molar-refractivity contribution in [2.24, 2.45) is 0 Å². The van der Waals surface area contributed by atoms with Crippen molar-refractivity contribution in [3.8, 4) is 11.1 Å². The fourth-order valence-corrected chi connectivity index (χ4v) is 2.84. The normalized spacial score (nSPS) is 21.4. The molecule has 2 aromatic carbocycles. The Morgan fingerprint density at radius 3 is 2.33 bits per heavy atom. The van der Waals surface area contributed by atoms with E-state index in [1.165, 1.54) is 0 Å². The van der Waals surface area contributed by atoms with Crippen LogP contribution in [0.15, 0.2) is 48.5 Å². The molecule has 1 saturated heterocycles. The zero-order chi connectivity index (χ0) is 15.0. The van der Waals surface area contributed by atoms with Crippen LogP contribution in [-0.4, -0.2) is 17.7 Å². The van der Waals surface area contributed by atoms with Gasteiger partial charge in [0.15, 0.2) is 5.78 Å². The predicted molar refractivity (Wildman–Crippen MR) is 82.2 cm³/mol. The zero-order valence-electron chi connectivity index (χ0n) is 11.5. The lowest BCUT2D eigenvalue weighted by molar-refractivity contribution is -0.124. The summed E-state index contributed by atoms with van der Waals surface area (Å²) in [7, 11) is 0. The van der Waals surface area contributed by atoms with Crippen LogP contribution in [0.1, 0.15) is 18.4 Å². The molecule has 1 fully saturated rings. The summed E-state index contributed by atoms with van der Waals surface area (Å²) in [5, 5.41) is 3.10. The van der Waals surface area contributed by atoms with Gasteiger partial charge in [-0.25, -0.2) is 0 Å². The molecule has 21 heavy (non-hydrogen) atoms. The van der Waals surface area contributed by atoms with E-state index in [9.17, 15) is 9.59 Å². The maximum Gasteiger partial charge on any atom is 0.235 e. The second kappa shape index (κ2) is 5.34. The van der Waals surface area contributed by atoms with Crippen LogP contribution >= 0.6 is 11.6 Å². The standard InChI is InChI=1S/C17H14ClNO2/c1-10-16(20)15(17(21)19-10)13-9-12(7-8-14(13)18)11-5-3-2-4-6-11/h2-10,15H,1H3,(H,19,21). The molecule has 0 aromatic heterocycles. The Hall–Kier alpha value is -2.13. The summed E-state index contributed by atoms with van der Waals surface area (Å²) in [6, 6.07) is 14.8. The molecule has 1 aliphatic rings. The summed E-state index contributed by atoms with van der Waals surface area (Å²) in [5.41, 5.74) is 2.54. The van der Waals surface area contributed by atoms with Crippen molar-refractivity contribution in [2.75, 3.05) is 0 Å².